The van der Waals surface area contributed by atoms with Crippen LogP contribution in [0.15, 0.2) is 65.4 Å². The van der Waals surface area contributed by atoms with E-state index in [1.54, 1.807) is 37.3 Å². The number of hydrogen-bond acceptors (Lipinski definition) is 6. The molecule has 1 N–H and O–H groups in total. The summed E-state index contributed by atoms with van der Waals surface area (Å²) >= 11 is 0. The number of esters is 1. The highest BCUT2D eigenvalue weighted by atomic mass is 16.6. The second kappa shape index (κ2) is 9.61. The number of nitrogens with one attached hydrogen (secondary N) is 1. The van der Waals surface area contributed by atoms with E-state index in [-0.39, 0.29) is 29.1 Å². The number of carbonyl (C=O) groups excluding carboxylic acids is 2. The molecule has 0 saturated heterocycles. The molecular weight excluding hydrogens is 468 g/mol. The first-order chi connectivity index (χ1) is 17.7. The van der Waals surface area contributed by atoms with Crippen molar-refractivity contribution in [1.29, 1.82) is 0 Å². The van der Waals surface area contributed by atoms with Gasteiger partial charge in [-0.3, -0.25) is 14.9 Å². The lowest BCUT2D eigenvalue weighted by molar-refractivity contribution is -0.385. The number of nitro benzene ring substituents is 1. The van der Waals surface area contributed by atoms with Gasteiger partial charge in [0.15, 0.2) is 5.78 Å². The Morgan fingerprint density at radius 3 is 2.46 bits per heavy atom. The van der Waals surface area contributed by atoms with Gasteiger partial charge >= 0.3 is 5.97 Å². The Hall–Kier alpha value is -3.74. The van der Waals surface area contributed by atoms with Crippen LogP contribution in [0.5, 0.6) is 0 Å². The van der Waals surface area contributed by atoms with Crippen molar-refractivity contribution in [2.24, 2.45) is 17.8 Å². The third-order valence-corrected chi connectivity index (χ3v) is 8.13. The fourth-order valence-corrected chi connectivity index (χ4v) is 6.26. The molecule has 0 bridgehead atoms. The molecule has 1 aliphatic heterocycles. The number of ether oxygens (including phenoxy) is 1. The van der Waals surface area contributed by atoms with Gasteiger partial charge in [0.05, 0.1) is 22.1 Å². The molecule has 2 aromatic rings. The standard InChI is InChI=1S/C30H32N2O5/c1-16(2)19-14-13-17(3)15-24(19)37-30(34)25-18(4)31-28-20-9-5-6-10-21(20)29(33)27(28)26(25)22-11-7-8-12-23(22)32(35)36/h5-12,16-17,19,24,26,31H,13-15H2,1-4H3/t17-,19+,24-,26+/m1/s1. The molecule has 1 saturated carbocycles. The van der Waals surface area contributed by atoms with E-state index in [0.29, 0.717) is 39.9 Å². The third-order valence-electron chi connectivity index (χ3n) is 8.13. The number of Topliss-reactive ketones (excluding diaryl/α,β-unsaturated/α-hetero) is 1. The number of nitro groups is 1. The van der Waals surface area contributed by atoms with Crippen LogP contribution in [0.2, 0.25) is 0 Å². The van der Waals surface area contributed by atoms with Crippen molar-refractivity contribution in [1.82, 2.24) is 5.32 Å². The molecule has 37 heavy (non-hydrogen) atoms. The van der Waals surface area contributed by atoms with Crippen LogP contribution in [-0.2, 0) is 9.53 Å². The average molecular weight is 501 g/mol. The number of benzene rings is 2. The Bertz CT molecular complexity index is 1360. The Balaban J connectivity index is 1.62. The van der Waals surface area contributed by atoms with E-state index in [1.165, 1.54) is 6.07 Å². The Morgan fingerprint density at radius 2 is 1.76 bits per heavy atom. The highest BCUT2D eigenvalue weighted by molar-refractivity contribution is 6.23. The van der Waals surface area contributed by atoms with Crippen LogP contribution in [-0.4, -0.2) is 22.8 Å². The number of rotatable bonds is 5. The van der Waals surface area contributed by atoms with Gasteiger partial charge in [-0.1, -0.05) is 69.7 Å². The first kappa shape index (κ1) is 24.9. The topological polar surface area (TPSA) is 98.5 Å². The maximum absolute atomic E-state index is 14.0. The fourth-order valence-electron chi connectivity index (χ4n) is 6.26. The fraction of sp³-hybridized carbons (Fsp3) is 0.400. The molecule has 5 rings (SSSR count). The van der Waals surface area contributed by atoms with Gasteiger partial charge in [0.1, 0.15) is 6.10 Å². The molecule has 0 radical (unpaired) electrons. The molecule has 0 spiro atoms. The van der Waals surface area contributed by atoms with E-state index in [2.05, 4.69) is 26.1 Å². The van der Waals surface area contributed by atoms with E-state index in [4.69, 9.17) is 4.74 Å². The summed E-state index contributed by atoms with van der Waals surface area (Å²) < 4.78 is 6.22. The zero-order chi connectivity index (χ0) is 26.4. The highest BCUT2D eigenvalue weighted by Gasteiger charge is 2.46. The number of hydrogen-bond donors (Lipinski definition) is 1. The van der Waals surface area contributed by atoms with E-state index < -0.39 is 16.8 Å². The molecule has 7 nitrogen and oxygen atoms in total. The van der Waals surface area contributed by atoms with Crippen LogP contribution in [0.25, 0.3) is 5.70 Å². The molecule has 4 atom stereocenters. The molecule has 2 aliphatic carbocycles. The first-order valence-electron chi connectivity index (χ1n) is 13.0. The molecule has 3 aliphatic rings. The summed E-state index contributed by atoms with van der Waals surface area (Å²) in [6.45, 7) is 8.24. The van der Waals surface area contributed by atoms with Crippen molar-refractivity contribution in [2.75, 3.05) is 0 Å². The number of para-hydroxylation sites is 1. The van der Waals surface area contributed by atoms with Crippen molar-refractivity contribution < 1.29 is 19.2 Å². The maximum Gasteiger partial charge on any atom is 0.337 e. The van der Waals surface area contributed by atoms with Gasteiger partial charge in [-0.25, -0.2) is 4.79 Å². The average Bonchev–Trinajstić information content (AvgIpc) is 3.14. The normalized spacial score (nSPS) is 25.1. The number of allylic oxidation sites excluding steroid dienone is 2. The molecule has 0 unspecified atom stereocenters. The Kier molecular flexibility index (Phi) is 6.48. The summed E-state index contributed by atoms with van der Waals surface area (Å²) in [6, 6.07) is 13.6. The summed E-state index contributed by atoms with van der Waals surface area (Å²) in [5.74, 6) is -0.619. The molecule has 0 amide bonds. The monoisotopic (exact) mass is 500 g/mol. The SMILES string of the molecule is CC1=C(C(=O)O[C@@H]2C[C@H](C)CC[C@H]2C(C)C)[C@H](c2ccccc2[N+](=O)[O-])C2=C(N1)c1ccccc1C2=O. The van der Waals surface area contributed by atoms with Crippen molar-refractivity contribution in [3.05, 3.63) is 92.2 Å². The zero-order valence-corrected chi connectivity index (χ0v) is 21.6. The first-order valence-corrected chi connectivity index (χ1v) is 13.0. The van der Waals surface area contributed by atoms with Gasteiger partial charge in [-0.05, 0) is 37.5 Å². The zero-order valence-electron chi connectivity index (χ0n) is 21.6. The number of nitrogens with zero attached hydrogens (tertiary/aromatic N) is 1. The second-order valence-electron chi connectivity index (χ2n) is 10.8. The molecule has 1 heterocycles. The van der Waals surface area contributed by atoms with Crippen LogP contribution < -0.4 is 5.32 Å². The van der Waals surface area contributed by atoms with Gasteiger partial charge in [-0.15, -0.1) is 0 Å². The lowest BCUT2D eigenvalue weighted by atomic mass is 9.75. The predicted molar refractivity (Wildman–Crippen MR) is 141 cm³/mol. The minimum Gasteiger partial charge on any atom is -0.459 e. The molecule has 7 heteroatoms. The van der Waals surface area contributed by atoms with Gasteiger partial charge in [-0.2, -0.15) is 0 Å². The quantitative estimate of drug-likeness (QED) is 0.300. The Labute approximate surface area is 216 Å². The summed E-state index contributed by atoms with van der Waals surface area (Å²) in [6.07, 6.45) is 2.63. The summed E-state index contributed by atoms with van der Waals surface area (Å²) in [7, 11) is 0. The molecule has 0 aromatic heterocycles. The maximum atomic E-state index is 14.0. The van der Waals surface area contributed by atoms with Crippen molar-refractivity contribution in [3.63, 3.8) is 0 Å². The van der Waals surface area contributed by atoms with Crippen LogP contribution in [0, 0.1) is 27.9 Å². The van der Waals surface area contributed by atoms with Crippen LogP contribution in [0.1, 0.15) is 74.4 Å². The van der Waals surface area contributed by atoms with E-state index in [9.17, 15) is 19.7 Å². The highest BCUT2D eigenvalue weighted by Crippen LogP contribution is 2.49. The molecular formula is C30H32N2O5. The number of carbonyl (C=O) groups is 2. The molecule has 2 aromatic carbocycles. The second-order valence-corrected chi connectivity index (χ2v) is 10.8. The van der Waals surface area contributed by atoms with Gasteiger partial charge in [0, 0.05) is 34.0 Å². The largest absolute Gasteiger partial charge is 0.459 e. The van der Waals surface area contributed by atoms with Crippen molar-refractivity contribution in [3.8, 4) is 0 Å². The lowest BCUT2D eigenvalue weighted by Gasteiger charge is -2.37. The smallest absolute Gasteiger partial charge is 0.337 e. The minimum atomic E-state index is -0.913. The van der Waals surface area contributed by atoms with Crippen LogP contribution in [0.4, 0.5) is 5.69 Å². The van der Waals surface area contributed by atoms with Crippen molar-refractivity contribution in [2.45, 2.75) is 59.0 Å². The molecule has 1 fully saturated rings. The van der Waals surface area contributed by atoms with Crippen LogP contribution >= 0.6 is 0 Å². The van der Waals surface area contributed by atoms with Crippen LogP contribution in [0.3, 0.4) is 0 Å². The minimum absolute atomic E-state index is 0.130. The summed E-state index contributed by atoms with van der Waals surface area (Å²) in [4.78, 5) is 39.2. The Morgan fingerprint density at radius 1 is 1.08 bits per heavy atom. The number of dihydropyridines is 1. The third kappa shape index (κ3) is 4.26. The number of ketones is 1. The van der Waals surface area contributed by atoms with E-state index >= 15 is 0 Å². The van der Waals surface area contributed by atoms with Gasteiger partial charge in [0.25, 0.3) is 5.69 Å². The van der Waals surface area contributed by atoms with E-state index in [0.717, 1.165) is 24.8 Å². The predicted octanol–water partition coefficient (Wildman–Crippen LogP) is 6.17. The summed E-state index contributed by atoms with van der Waals surface area (Å²) in [5.41, 5.74) is 3.19. The van der Waals surface area contributed by atoms with Gasteiger partial charge in [0.2, 0.25) is 0 Å². The molecule has 192 valence electrons. The van der Waals surface area contributed by atoms with E-state index in [1.807, 2.05) is 12.1 Å². The number of fused-ring (bicyclic) bond motifs is 2. The van der Waals surface area contributed by atoms with Crippen molar-refractivity contribution >= 4 is 23.1 Å². The van der Waals surface area contributed by atoms with Gasteiger partial charge < -0.3 is 10.1 Å². The summed E-state index contributed by atoms with van der Waals surface area (Å²) in [5, 5.41) is 15.3. The lowest BCUT2D eigenvalue weighted by Crippen LogP contribution is -2.38.